The van der Waals surface area contributed by atoms with E-state index < -0.39 is 25.8 Å². The standard InChI is InChI=1S/C19H17ClN2O4S/c1-19(20)14(17(23)13-7-3-2-4-8-13)10-11-15(18(19)27(24,25)26)22-16-9-5-6-12-21-16/h2-12,14H,1H3,(H,21,22)(H,24,25,26). The molecule has 0 bridgehead atoms. The molecule has 1 aromatic heterocycles. The number of allylic oxidation sites excluding steroid dienone is 3. The normalized spacial score (nSPS) is 22.6. The van der Waals surface area contributed by atoms with E-state index in [-0.39, 0.29) is 11.5 Å². The van der Waals surface area contributed by atoms with Gasteiger partial charge in [-0.05, 0) is 25.1 Å². The summed E-state index contributed by atoms with van der Waals surface area (Å²) in [6.45, 7) is 1.40. The van der Waals surface area contributed by atoms with Crippen LogP contribution in [0.15, 0.2) is 77.5 Å². The molecule has 0 fully saturated rings. The van der Waals surface area contributed by atoms with Crippen molar-refractivity contribution in [1.82, 2.24) is 4.98 Å². The summed E-state index contributed by atoms with van der Waals surface area (Å²) in [6.07, 6.45) is 4.49. The van der Waals surface area contributed by atoms with Crippen molar-refractivity contribution in [3.05, 3.63) is 83.0 Å². The van der Waals surface area contributed by atoms with Gasteiger partial charge in [0.15, 0.2) is 5.78 Å². The van der Waals surface area contributed by atoms with E-state index in [2.05, 4.69) is 10.3 Å². The first kappa shape index (κ1) is 19.3. The minimum absolute atomic E-state index is 0.0609. The Morgan fingerprint density at radius 3 is 2.44 bits per heavy atom. The molecule has 2 atom stereocenters. The van der Waals surface area contributed by atoms with E-state index in [4.69, 9.17) is 11.6 Å². The molecule has 1 aliphatic carbocycles. The average molecular weight is 405 g/mol. The second-order valence-corrected chi connectivity index (χ2v) is 8.34. The van der Waals surface area contributed by atoms with Gasteiger partial charge in [-0.25, -0.2) is 4.98 Å². The first-order valence-corrected chi connectivity index (χ1v) is 9.90. The maximum Gasteiger partial charge on any atom is 0.294 e. The van der Waals surface area contributed by atoms with Crippen molar-refractivity contribution < 1.29 is 17.8 Å². The second-order valence-electron chi connectivity index (χ2n) is 6.20. The summed E-state index contributed by atoms with van der Waals surface area (Å²) in [5.41, 5.74) is 0.459. The van der Waals surface area contributed by atoms with Crippen molar-refractivity contribution in [3.63, 3.8) is 0 Å². The van der Waals surface area contributed by atoms with Crippen LogP contribution in [0.25, 0.3) is 0 Å². The average Bonchev–Trinajstić information content (AvgIpc) is 2.61. The van der Waals surface area contributed by atoms with Gasteiger partial charge in [0.1, 0.15) is 10.7 Å². The third kappa shape index (κ3) is 3.95. The van der Waals surface area contributed by atoms with Crippen LogP contribution in [0, 0.1) is 5.92 Å². The van der Waals surface area contributed by atoms with Crippen LogP contribution >= 0.6 is 11.6 Å². The fraction of sp³-hybridized carbons (Fsp3) is 0.158. The number of Topliss-reactive ketones (excluding diaryl/α,β-unsaturated/α-hetero) is 1. The fourth-order valence-electron chi connectivity index (χ4n) is 3.03. The zero-order chi connectivity index (χ0) is 19.7. The number of ketones is 1. The molecule has 3 rings (SSSR count). The van der Waals surface area contributed by atoms with E-state index in [1.165, 1.54) is 25.3 Å². The van der Waals surface area contributed by atoms with Crippen LogP contribution in [-0.2, 0) is 10.1 Å². The van der Waals surface area contributed by atoms with Gasteiger partial charge in [-0.1, -0.05) is 42.5 Å². The molecule has 0 spiro atoms. The predicted molar refractivity (Wildman–Crippen MR) is 104 cm³/mol. The van der Waals surface area contributed by atoms with Gasteiger partial charge in [0.05, 0.1) is 16.5 Å². The lowest BCUT2D eigenvalue weighted by Crippen LogP contribution is -2.41. The zero-order valence-corrected chi connectivity index (χ0v) is 15.9. The number of carbonyl (C=O) groups excluding carboxylic acids is 1. The van der Waals surface area contributed by atoms with Crippen LogP contribution in [0.1, 0.15) is 17.3 Å². The van der Waals surface area contributed by atoms with Gasteiger partial charge in [-0.15, -0.1) is 11.6 Å². The molecule has 0 aliphatic heterocycles. The summed E-state index contributed by atoms with van der Waals surface area (Å²) in [7, 11) is -4.70. The number of carbonyl (C=O) groups is 1. The Morgan fingerprint density at radius 1 is 1.19 bits per heavy atom. The molecular formula is C19H17ClN2O4S. The Labute approximate surface area is 162 Å². The molecule has 0 saturated heterocycles. The first-order valence-electron chi connectivity index (χ1n) is 8.08. The van der Waals surface area contributed by atoms with Crippen LogP contribution in [0.3, 0.4) is 0 Å². The van der Waals surface area contributed by atoms with E-state index in [0.717, 1.165) is 0 Å². The number of halogens is 1. The molecule has 140 valence electrons. The SMILES string of the molecule is CC1(Cl)C(S(=O)(=O)O)=C(Nc2ccccn2)C=CC1C(=O)c1ccccc1. The minimum atomic E-state index is -4.70. The van der Waals surface area contributed by atoms with Crippen molar-refractivity contribution >= 4 is 33.3 Å². The van der Waals surface area contributed by atoms with E-state index in [9.17, 15) is 17.8 Å². The molecule has 0 amide bonds. The van der Waals surface area contributed by atoms with E-state index >= 15 is 0 Å². The second kappa shape index (κ2) is 7.26. The van der Waals surface area contributed by atoms with Crippen molar-refractivity contribution in [1.29, 1.82) is 0 Å². The van der Waals surface area contributed by atoms with Gasteiger partial charge in [0, 0.05) is 11.8 Å². The van der Waals surface area contributed by atoms with Crippen molar-refractivity contribution in [2.24, 2.45) is 5.92 Å². The highest BCUT2D eigenvalue weighted by atomic mass is 35.5. The Bertz CT molecular complexity index is 1020. The number of benzene rings is 1. The lowest BCUT2D eigenvalue weighted by atomic mass is 9.82. The third-order valence-electron chi connectivity index (χ3n) is 4.25. The number of hydrogen-bond donors (Lipinski definition) is 2. The molecular weight excluding hydrogens is 388 g/mol. The molecule has 27 heavy (non-hydrogen) atoms. The summed E-state index contributed by atoms with van der Waals surface area (Å²) in [5.74, 6) is -0.950. The highest BCUT2D eigenvalue weighted by Gasteiger charge is 2.47. The van der Waals surface area contributed by atoms with Crippen molar-refractivity contribution in [2.75, 3.05) is 5.32 Å². The number of hydrogen-bond acceptors (Lipinski definition) is 5. The molecule has 0 saturated carbocycles. The lowest BCUT2D eigenvalue weighted by molar-refractivity contribution is 0.0931. The summed E-state index contributed by atoms with van der Waals surface area (Å²) in [5, 5.41) is 2.84. The van der Waals surface area contributed by atoms with Crippen LogP contribution < -0.4 is 5.32 Å². The van der Waals surface area contributed by atoms with Crippen LogP contribution in [0.5, 0.6) is 0 Å². The number of anilines is 1. The molecule has 2 N–H and O–H groups in total. The van der Waals surface area contributed by atoms with E-state index in [0.29, 0.717) is 11.4 Å². The highest BCUT2D eigenvalue weighted by Crippen LogP contribution is 2.43. The smallest absolute Gasteiger partial charge is 0.294 e. The van der Waals surface area contributed by atoms with E-state index in [1.54, 1.807) is 48.5 Å². The Morgan fingerprint density at radius 2 is 1.85 bits per heavy atom. The van der Waals surface area contributed by atoms with Crippen LogP contribution in [-0.4, -0.2) is 28.6 Å². The first-order chi connectivity index (χ1) is 12.7. The van der Waals surface area contributed by atoms with Crippen LogP contribution in [0.4, 0.5) is 5.82 Å². The highest BCUT2D eigenvalue weighted by molar-refractivity contribution is 7.90. The summed E-state index contributed by atoms with van der Waals surface area (Å²) in [4.78, 5) is 14.8. The van der Waals surface area contributed by atoms with Gasteiger partial charge in [0.2, 0.25) is 0 Å². The number of rotatable bonds is 5. The van der Waals surface area contributed by atoms with Gasteiger partial charge in [-0.2, -0.15) is 8.42 Å². The Kier molecular flexibility index (Phi) is 5.19. The monoisotopic (exact) mass is 404 g/mol. The van der Waals surface area contributed by atoms with Gasteiger partial charge < -0.3 is 5.32 Å². The molecule has 6 nitrogen and oxygen atoms in total. The molecule has 1 aliphatic rings. The summed E-state index contributed by atoms with van der Waals surface area (Å²) < 4.78 is 34.1. The van der Waals surface area contributed by atoms with Gasteiger partial charge >= 0.3 is 0 Å². The topological polar surface area (TPSA) is 96.4 Å². The number of alkyl halides is 1. The molecule has 2 unspecified atom stereocenters. The third-order valence-corrected chi connectivity index (χ3v) is 5.95. The summed E-state index contributed by atoms with van der Waals surface area (Å²) >= 11 is 6.56. The zero-order valence-electron chi connectivity index (χ0n) is 14.3. The van der Waals surface area contributed by atoms with Crippen molar-refractivity contribution in [2.45, 2.75) is 11.8 Å². The van der Waals surface area contributed by atoms with Gasteiger partial charge in [-0.3, -0.25) is 9.35 Å². The fourth-order valence-corrected chi connectivity index (χ4v) is 4.63. The number of nitrogens with zero attached hydrogens (tertiary/aromatic N) is 1. The quantitative estimate of drug-likeness (QED) is 0.448. The summed E-state index contributed by atoms with van der Waals surface area (Å²) in [6, 6.07) is 13.5. The van der Waals surface area contributed by atoms with Crippen LogP contribution in [0.2, 0.25) is 0 Å². The predicted octanol–water partition coefficient (Wildman–Crippen LogP) is 3.66. The number of aromatic nitrogens is 1. The number of pyridine rings is 1. The molecule has 2 aromatic rings. The molecule has 1 heterocycles. The Hall–Kier alpha value is -2.48. The minimum Gasteiger partial charge on any atom is -0.339 e. The van der Waals surface area contributed by atoms with E-state index in [1.807, 2.05) is 0 Å². The molecule has 8 heteroatoms. The largest absolute Gasteiger partial charge is 0.339 e. The maximum absolute atomic E-state index is 12.9. The van der Waals surface area contributed by atoms with Gasteiger partial charge in [0.25, 0.3) is 10.1 Å². The molecule has 1 aromatic carbocycles. The van der Waals surface area contributed by atoms with Crippen molar-refractivity contribution in [3.8, 4) is 0 Å². The Balaban J connectivity index is 2.06. The maximum atomic E-state index is 12.9. The number of nitrogens with one attached hydrogen (secondary N) is 1. The lowest BCUT2D eigenvalue weighted by Gasteiger charge is -2.34. The molecule has 0 radical (unpaired) electrons.